The SMILES string of the molecule is C#CC(CO)Nc1cc(C(=O)O)c(Cl)cn1. The number of anilines is 1. The zero-order valence-corrected chi connectivity index (χ0v) is 8.90. The first-order chi connectivity index (χ1) is 7.58. The monoisotopic (exact) mass is 240 g/mol. The van der Waals surface area contributed by atoms with E-state index in [1.807, 2.05) is 0 Å². The number of aliphatic hydroxyl groups is 1. The third kappa shape index (κ3) is 2.86. The number of halogens is 1. The molecule has 6 heteroatoms. The molecule has 0 aliphatic heterocycles. The summed E-state index contributed by atoms with van der Waals surface area (Å²) >= 11 is 5.63. The van der Waals surface area contributed by atoms with Crippen LogP contribution in [0.4, 0.5) is 5.82 Å². The number of carboxylic acid groups (broad SMARTS) is 1. The Hall–Kier alpha value is -1.77. The van der Waals surface area contributed by atoms with Gasteiger partial charge in [-0.1, -0.05) is 17.5 Å². The maximum atomic E-state index is 10.8. The Morgan fingerprint density at radius 2 is 2.44 bits per heavy atom. The molecule has 0 saturated heterocycles. The van der Waals surface area contributed by atoms with Crippen molar-refractivity contribution in [3.63, 3.8) is 0 Å². The number of terminal acetylenes is 1. The first-order valence-electron chi connectivity index (χ1n) is 4.31. The molecule has 1 unspecified atom stereocenters. The van der Waals surface area contributed by atoms with Gasteiger partial charge in [-0.2, -0.15) is 0 Å². The van der Waals surface area contributed by atoms with E-state index in [9.17, 15) is 4.79 Å². The van der Waals surface area contributed by atoms with Crippen molar-refractivity contribution in [3.8, 4) is 12.3 Å². The number of carboxylic acids is 1. The van der Waals surface area contributed by atoms with Crippen LogP contribution in [0.3, 0.4) is 0 Å². The summed E-state index contributed by atoms with van der Waals surface area (Å²) < 4.78 is 0. The van der Waals surface area contributed by atoms with Gasteiger partial charge in [0.15, 0.2) is 0 Å². The molecule has 84 valence electrons. The van der Waals surface area contributed by atoms with E-state index in [0.29, 0.717) is 0 Å². The molecule has 0 amide bonds. The van der Waals surface area contributed by atoms with Gasteiger partial charge in [-0.25, -0.2) is 9.78 Å². The highest BCUT2D eigenvalue weighted by atomic mass is 35.5. The number of nitrogens with one attached hydrogen (secondary N) is 1. The van der Waals surface area contributed by atoms with Crippen LogP contribution < -0.4 is 5.32 Å². The fourth-order valence-electron chi connectivity index (χ4n) is 1.00. The molecule has 16 heavy (non-hydrogen) atoms. The van der Waals surface area contributed by atoms with Gasteiger partial charge >= 0.3 is 5.97 Å². The predicted octanol–water partition coefficient (Wildman–Crippen LogP) is 0.839. The topological polar surface area (TPSA) is 82.5 Å². The zero-order valence-electron chi connectivity index (χ0n) is 8.14. The van der Waals surface area contributed by atoms with Gasteiger partial charge in [0.25, 0.3) is 0 Å². The molecule has 0 fully saturated rings. The van der Waals surface area contributed by atoms with Gasteiger partial charge < -0.3 is 15.5 Å². The third-order valence-electron chi connectivity index (χ3n) is 1.79. The molecule has 0 bridgehead atoms. The lowest BCUT2D eigenvalue weighted by Gasteiger charge is -2.11. The number of nitrogens with zero attached hydrogens (tertiary/aromatic N) is 1. The molecule has 1 aromatic heterocycles. The van der Waals surface area contributed by atoms with Crippen molar-refractivity contribution in [1.29, 1.82) is 0 Å². The van der Waals surface area contributed by atoms with Crippen LogP contribution in [-0.4, -0.2) is 33.8 Å². The van der Waals surface area contributed by atoms with Crippen LogP contribution in [0, 0.1) is 12.3 Å². The molecular weight excluding hydrogens is 232 g/mol. The van der Waals surface area contributed by atoms with Gasteiger partial charge in [-0.15, -0.1) is 6.42 Å². The second kappa shape index (κ2) is 5.35. The van der Waals surface area contributed by atoms with Gasteiger partial charge in [0.05, 0.1) is 17.2 Å². The van der Waals surface area contributed by atoms with E-state index in [4.69, 9.17) is 28.2 Å². The quantitative estimate of drug-likeness (QED) is 0.680. The first-order valence-corrected chi connectivity index (χ1v) is 4.68. The first kappa shape index (κ1) is 12.3. The van der Waals surface area contributed by atoms with Crippen LogP contribution in [0.25, 0.3) is 0 Å². The summed E-state index contributed by atoms with van der Waals surface area (Å²) in [5.74, 6) is 1.38. The van der Waals surface area contributed by atoms with E-state index in [1.165, 1.54) is 12.3 Å². The summed E-state index contributed by atoms with van der Waals surface area (Å²) in [6, 6.07) is 0.639. The standard InChI is InChI=1S/C10H9ClN2O3/c1-2-6(5-14)13-9-3-7(10(15)16)8(11)4-12-9/h1,3-4,6,14H,5H2,(H,12,13)(H,15,16). The van der Waals surface area contributed by atoms with Crippen LogP contribution in [0.1, 0.15) is 10.4 Å². The fraction of sp³-hybridized carbons (Fsp3) is 0.200. The second-order valence-electron chi connectivity index (χ2n) is 2.90. The van der Waals surface area contributed by atoms with Crippen molar-refractivity contribution in [2.75, 3.05) is 11.9 Å². The third-order valence-corrected chi connectivity index (χ3v) is 2.09. The lowest BCUT2D eigenvalue weighted by Crippen LogP contribution is -2.22. The van der Waals surface area contributed by atoms with Crippen LogP contribution in [-0.2, 0) is 0 Å². The molecule has 1 rings (SSSR count). The molecule has 3 N–H and O–H groups in total. The molecule has 0 aromatic carbocycles. The van der Waals surface area contributed by atoms with E-state index < -0.39 is 12.0 Å². The van der Waals surface area contributed by atoms with Crippen molar-refractivity contribution in [2.45, 2.75) is 6.04 Å². The van der Waals surface area contributed by atoms with Crippen molar-refractivity contribution < 1.29 is 15.0 Å². The summed E-state index contributed by atoms with van der Waals surface area (Å²) in [6.45, 7) is -0.275. The van der Waals surface area contributed by atoms with Crippen LogP contribution in [0.5, 0.6) is 0 Å². The number of aromatic nitrogens is 1. The highest BCUT2D eigenvalue weighted by Crippen LogP contribution is 2.18. The van der Waals surface area contributed by atoms with Crippen molar-refractivity contribution in [1.82, 2.24) is 4.98 Å². The number of carbonyl (C=O) groups is 1. The van der Waals surface area contributed by atoms with E-state index in [-0.39, 0.29) is 23.0 Å². The minimum Gasteiger partial charge on any atom is -0.478 e. The molecule has 0 saturated carbocycles. The predicted molar refractivity (Wildman–Crippen MR) is 59.5 cm³/mol. The number of aliphatic hydroxyl groups excluding tert-OH is 1. The maximum Gasteiger partial charge on any atom is 0.337 e. The van der Waals surface area contributed by atoms with E-state index >= 15 is 0 Å². The maximum absolute atomic E-state index is 10.8. The normalized spacial score (nSPS) is 11.6. The number of hydrogen-bond acceptors (Lipinski definition) is 4. The Morgan fingerprint density at radius 3 is 2.94 bits per heavy atom. The minimum absolute atomic E-state index is 0.0410. The Kier molecular flexibility index (Phi) is 4.11. The molecule has 0 aliphatic carbocycles. The smallest absolute Gasteiger partial charge is 0.337 e. The summed E-state index contributed by atoms with van der Waals surface area (Å²) in [4.78, 5) is 14.6. The number of hydrogen-bond donors (Lipinski definition) is 3. The minimum atomic E-state index is -1.16. The van der Waals surface area contributed by atoms with Crippen molar-refractivity contribution in [2.24, 2.45) is 0 Å². The molecular formula is C10H9ClN2O3. The van der Waals surface area contributed by atoms with Crippen molar-refractivity contribution >= 4 is 23.4 Å². The lowest BCUT2D eigenvalue weighted by atomic mass is 10.2. The molecule has 1 aromatic rings. The molecule has 0 aliphatic rings. The Balaban J connectivity index is 2.96. The largest absolute Gasteiger partial charge is 0.478 e. The van der Waals surface area contributed by atoms with Gasteiger partial charge in [0.2, 0.25) is 0 Å². The highest BCUT2D eigenvalue weighted by molar-refractivity contribution is 6.33. The Morgan fingerprint density at radius 1 is 1.75 bits per heavy atom. The molecule has 5 nitrogen and oxygen atoms in total. The number of aromatic carboxylic acids is 1. The number of pyridine rings is 1. The molecule has 1 heterocycles. The van der Waals surface area contributed by atoms with Crippen LogP contribution in [0.2, 0.25) is 5.02 Å². The highest BCUT2D eigenvalue weighted by Gasteiger charge is 2.11. The van der Waals surface area contributed by atoms with Gasteiger partial charge in [-0.05, 0) is 6.07 Å². The summed E-state index contributed by atoms with van der Waals surface area (Å²) in [6.07, 6.45) is 6.32. The fourth-order valence-corrected chi connectivity index (χ4v) is 1.18. The lowest BCUT2D eigenvalue weighted by molar-refractivity contribution is 0.0697. The Bertz CT molecular complexity index is 442. The van der Waals surface area contributed by atoms with Crippen LogP contribution in [0.15, 0.2) is 12.3 Å². The average molecular weight is 241 g/mol. The summed E-state index contributed by atoms with van der Waals surface area (Å²) in [7, 11) is 0. The van der Waals surface area contributed by atoms with E-state index in [2.05, 4.69) is 16.2 Å². The van der Waals surface area contributed by atoms with E-state index in [0.717, 1.165) is 0 Å². The van der Waals surface area contributed by atoms with Gasteiger partial charge in [0.1, 0.15) is 11.9 Å². The molecule has 0 spiro atoms. The molecule has 1 atom stereocenters. The average Bonchev–Trinajstić information content (AvgIpc) is 2.27. The summed E-state index contributed by atoms with van der Waals surface area (Å²) in [5.41, 5.74) is -0.0760. The second-order valence-corrected chi connectivity index (χ2v) is 3.31. The zero-order chi connectivity index (χ0) is 12.1. The van der Waals surface area contributed by atoms with Gasteiger partial charge in [-0.3, -0.25) is 0 Å². The van der Waals surface area contributed by atoms with Gasteiger partial charge in [0, 0.05) is 6.20 Å². The van der Waals surface area contributed by atoms with Crippen LogP contribution >= 0.6 is 11.6 Å². The Labute approximate surface area is 97.1 Å². The number of rotatable bonds is 4. The molecule has 0 radical (unpaired) electrons. The summed E-state index contributed by atoms with van der Waals surface area (Å²) in [5, 5.41) is 20.4. The van der Waals surface area contributed by atoms with E-state index in [1.54, 1.807) is 0 Å². The van der Waals surface area contributed by atoms with Crippen molar-refractivity contribution in [3.05, 3.63) is 22.8 Å².